The summed E-state index contributed by atoms with van der Waals surface area (Å²) in [4.78, 5) is 8.93. The normalized spacial score (nSPS) is 11.3. The van der Waals surface area contributed by atoms with Gasteiger partial charge in [-0.2, -0.15) is 15.2 Å². The number of nitrogens with one attached hydrogen (secondary N) is 1. The van der Waals surface area contributed by atoms with E-state index in [0.717, 1.165) is 26.6 Å². The van der Waals surface area contributed by atoms with Gasteiger partial charge in [0.05, 0.1) is 28.0 Å². The van der Waals surface area contributed by atoms with Crippen molar-refractivity contribution in [1.82, 2.24) is 35.1 Å². The Morgan fingerprint density at radius 1 is 0.939 bits per heavy atom. The van der Waals surface area contributed by atoms with Crippen LogP contribution in [0.1, 0.15) is 0 Å². The van der Waals surface area contributed by atoms with Gasteiger partial charge in [0.2, 0.25) is 5.82 Å². The van der Waals surface area contributed by atoms with E-state index in [4.69, 9.17) is 16.1 Å². The Morgan fingerprint density at radius 2 is 1.85 bits per heavy atom. The maximum Gasteiger partial charge on any atom is 0.259 e. The number of H-pyrrole nitrogens is 1. The van der Waals surface area contributed by atoms with Gasteiger partial charge in [0.1, 0.15) is 0 Å². The average Bonchev–Trinajstić information content (AvgIpc) is 3.58. The van der Waals surface area contributed by atoms with Gasteiger partial charge in [-0.05, 0) is 36.4 Å². The lowest BCUT2D eigenvalue weighted by Gasteiger charge is -2.06. The van der Waals surface area contributed by atoms with Crippen molar-refractivity contribution in [3.8, 4) is 40.2 Å². The second-order valence-corrected chi connectivity index (χ2v) is 8.54. The van der Waals surface area contributed by atoms with E-state index < -0.39 is 0 Å². The Balaban J connectivity index is 1.31. The summed E-state index contributed by atoms with van der Waals surface area (Å²) in [6, 6.07) is 21.2. The summed E-state index contributed by atoms with van der Waals surface area (Å²) in [5.74, 6) is 1.51. The van der Waals surface area contributed by atoms with Crippen molar-refractivity contribution in [2.45, 2.75) is 0 Å². The van der Waals surface area contributed by atoms with Crippen LogP contribution in [0.4, 0.5) is 0 Å². The van der Waals surface area contributed by atoms with E-state index in [1.807, 2.05) is 77.6 Å². The van der Waals surface area contributed by atoms with E-state index in [0.29, 0.717) is 22.2 Å². The van der Waals surface area contributed by atoms with Gasteiger partial charge in [-0.3, -0.25) is 5.10 Å². The molecule has 3 aromatic carbocycles. The van der Waals surface area contributed by atoms with E-state index >= 15 is 0 Å². The molecule has 0 aliphatic heterocycles. The number of halogens is 2. The number of benzene rings is 3. The van der Waals surface area contributed by atoms with Crippen LogP contribution in [0.25, 0.3) is 51.1 Å². The maximum atomic E-state index is 6.58. The first-order valence-corrected chi connectivity index (χ1v) is 11.1. The molecule has 0 aliphatic carbocycles. The Bertz CT molecular complexity index is 1620. The van der Waals surface area contributed by atoms with Crippen molar-refractivity contribution >= 4 is 38.4 Å². The number of rotatable bonds is 4. The van der Waals surface area contributed by atoms with Crippen LogP contribution < -0.4 is 0 Å². The Kier molecular flexibility index (Phi) is 4.78. The first-order valence-electron chi connectivity index (χ1n) is 9.91. The fourth-order valence-electron chi connectivity index (χ4n) is 3.53. The van der Waals surface area contributed by atoms with E-state index in [1.54, 1.807) is 0 Å². The number of hydrogen-bond acceptors (Lipinski definition) is 6. The Hall–Kier alpha value is -3.82. The number of hydrogen-bond donors (Lipinski definition) is 1. The minimum atomic E-state index is 0.285. The van der Waals surface area contributed by atoms with Gasteiger partial charge in [0, 0.05) is 15.4 Å². The molecule has 160 valence electrons. The molecule has 0 saturated heterocycles. The third kappa shape index (κ3) is 3.61. The zero-order valence-corrected chi connectivity index (χ0v) is 19.1. The predicted molar refractivity (Wildman–Crippen MR) is 128 cm³/mol. The van der Waals surface area contributed by atoms with Crippen molar-refractivity contribution in [1.29, 1.82) is 0 Å². The van der Waals surface area contributed by atoms with Gasteiger partial charge in [0.25, 0.3) is 5.89 Å². The first-order chi connectivity index (χ1) is 16.2. The van der Waals surface area contributed by atoms with Gasteiger partial charge < -0.3 is 4.52 Å². The highest BCUT2D eigenvalue weighted by Gasteiger charge is 2.18. The summed E-state index contributed by atoms with van der Waals surface area (Å²) in [7, 11) is 0. The molecule has 0 bridgehead atoms. The van der Waals surface area contributed by atoms with Crippen molar-refractivity contribution in [3.05, 3.63) is 82.4 Å². The minimum absolute atomic E-state index is 0.285. The molecule has 0 amide bonds. The average molecular weight is 519 g/mol. The lowest BCUT2D eigenvalue weighted by molar-refractivity contribution is 0.432. The summed E-state index contributed by atoms with van der Waals surface area (Å²) in [5, 5.41) is 17.1. The van der Waals surface area contributed by atoms with Crippen LogP contribution >= 0.6 is 27.5 Å². The van der Waals surface area contributed by atoms with E-state index in [1.165, 1.54) is 0 Å². The fourth-order valence-corrected chi connectivity index (χ4v) is 4.19. The van der Waals surface area contributed by atoms with Crippen molar-refractivity contribution in [2.24, 2.45) is 0 Å². The summed E-state index contributed by atoms with van der Waals surface area (Å²) < 4.78 is 8.23. The van der Waals surface area contributed by atoms with Gasteiger partial charge in [-0.1, -0.05) is 63.0 Å². The van der Waals surface area contributed by atoms with Crippen molar-refractivity contribution < 1.29 is 4.52 Å². The lowest BCUT2D eigenvalue weighted by Crippen LogP contribution is -1.96. The van der Waals surface area contributed by atoms with Gasteiger partial charge in [-0.25, -0.2) is 9.67 Å². The van der Waals surface area contributed by atoms with Crippen LogP contribution in [0.15, 0.2) is 81.9 Å². The molecule has 10 heteroatoms. The molecule has 0 radical (unpaired) electrons. The van der Waals surface area contributed by atoms with Gasteiger partial charge >= 0.3 is 0 Å². The van der Waals surface area contributed by atoms with E-state index in [-0.39, 0.29) is 11.7 Å². The smallest absolute Gasteiger partial charge is 0.259 e. The monoisotopic (exact) mass is 517 g/mol. The third-order valence-corrected chi connectivity index (χ3v) is 5.92. The van der Waals surface area contributed by atoms with Gasteiger partial charge in [-0.15, -0.1) is 0 Å². The van der Waals surface area contributed by atoms with Crippen LogP contribution in [0, 0.1) is 0 Å². The van der Waals surface area contributed by atoms with Gasteiger partial charge in [0.15, 0.2) is 11.6 Å². The molecule has 8 nitrogen and oxygen atoms in total. The Labute approximate surface area is 200 Å². The Morgan fingerprint density at radius 3 is 2.73 bits per heavy atom. The molecule has 0 fully saturated rings. The van der Waals surface area contributed by atoms with Crippen LogP contribution in [0.3, 0.4) is 0 Å². The summed E-state index contributed by atoms with van der Waals surface area (Å²) >= 11 is 10.0. The molecular weight excluding hydrogens is 506 g/mol. The molecule has 0 spiro atoms. The highest BCUT2D eigenvalue weighted by Crippen LogP contribution is 2.31. The van der Waals surface area contributed by atoms with Crippen LogP contribution in [0.2, 0.25) is 5.02 Å². The maximum absolute atomic E-state index is 6.58. The van der Waals surface area contributed by atoms with E-state index in [2.05, 4.69) is 46.4 Å². The highest BCUT2D eigenvalue weighted by molar-refractivity contribution is 9.10. The molecule has 0 aliphatic rings. The molecule has 0 saturated carbocycles. The molecule has 1 N–H and O–H groups in total. The molecule has 6 rings (SSSR count). The number of aromatic amines is 1. The quantitative estimate of drug-likeness (QED) is 0.310. The van der Waals surface area contributed by atoms with Crippen LogP contribution in [-0.4, -0.2) is 35.1 Å². The largest absolute Gasteiger partial charge is 0.333 e. The summed E-state index contributed by atoms with van der Waals surface area (Å²) in [5.41, 5.74) is 3.30. The highest BCUT2D eigenvalue weighted by atomic mass is 79.9. The minimum Gasteiger partial charge on any atom is -0.333 e. The molecule has 3 heterocycles. The second kappa shape index (κ2) is 7.95. The topological polar surface area (TPSA) is 98.3 Å². The molecule has 6 aromatic rings. The van der Waals surface area contributed by atoms with E-state index in [9.17, 15) is 0 Å². The number of fused-ring (bicyclic) bond motifs is 1. The summed E-state index contributed by atoms with van der Waals surface area (Å²) in [6.07, 6.45) is 1.82. The zero-order valence-electron chi connectivity index (χ0n) is 16.8. The molecular formula is C23H13BrClN7O. The molecule has 3 aromatic heterocycles. The number of aromatic nitrogens is 7. The molecule has 0 atom stereocenters. The number of para-hydroxylation sites is 1. The molecule has 0 unspecified atom stereocenters. The fraction of sp³-hybridized carbons (Fsp3) is 0. The third-order valence-electron chi connectivity index (χ3n) is 5.11. The summed E-state index contributed by atoms with van der Waals surface area (Å²) in [6.45, 7) is 0. The van der Waals surface area contributed by atoms with Crippen LogP contribution in [0.5, 0.6) is 0 Å². The second-order valence-electron chi connectivity index (χ2n) is 7.22. The van der Waals surface area contributed by atoms with Crippen molar-refractivity contribution in [2.75, 3.05) is 0 Å². The van der Waals surface area contributed by atoms with Crippen LogP contribution in [-0.2, 0) is 0 Å². The zero-order chi connectivity index (χ0) is 22.4. The van der Waals surface area contributed by atoms with Crippen molar-refractivity contribution in [3.63, 3.8) is 0 Å². The number of nitrogens with zero attached hydrogens (tertiary/aromatic N) is 6. The SMILES string of the molecule is Clc1cc(-n2ncc3ccccc32)ccc1-c1nc(-c2nc(-c3cccc(Br)c3)n[nH]2)no1. The standard InChI is InChI=1S/C23H13BrClN7O/c24-15-6-3-5-13(10-15)20-27-21(30-29-20)22-28-23(33-31-22)17-9-8-16(11-18(17)25)32-19-7-2-1-4-14(19)12-26-32/h1-12H,(H,27,29,30). The predicted octanol–water partition coefficient (Wildman–Crippen LogP) is 5.94. The molecule has 33 heavy (non-hydrogen) atoms. The first kappa shape index (κ1) is 19.8. The lowest BCUT2D eigenvalue weighted by atomic mass is 10.2.